The van der Waals surface area contributed by atoms with Crippen molar-refractivity contribution in [3.05, 3.63) is 0 Å². The van der Waals surface area contributed by atoms with Crippen molar-refractivity contribution in [1.29, 1.82) is 0 Å². The van der Waals surface area contributed by atoms with E-state index in [1.807, 2.05) is 0 Å². The van der Waals surface area contributed by atoms with Crippen molar-refractivity contribution in [3.8, 4) is 0 Å². The van der Waals surface area contributed by atoms with Gasteiger partial charge in [-0.1, -0.05) is 25.7 Å². The van der Waals surface area contributed by atoms with Gasteiger partial charge in [-0.3, -0.25) is 9.59 Å². The van der Waals surface area contributed by atoms with E-state index in [4.69, 9.17) is 5.11 Å². The molecule has 4 nitrogen and oxygen atoms in total. The summed E-state index contributed by atoms with van der Waals surface area (Å²) in [6, 6.07) is 0. The molecule has 0 aromatic carbocycles. The SMILES string of the molecule is O=C(O)CC1(NC(=O)C2C3CCCC32)CCCCC1. The lowest BCUT2D eigenvalue weighted by atomic mass is 9.79. The fourth-order valence-electron chi connectivity index (χ4n) is 4.42. The van der Waals surface area contributed by atoms with Crippen molar-refractivity contribution in [1.82, 2.24) is 5.32 Å². The maximum Gasteiger partial charge on any atom is 0.305 e. The normalized spacial score (nSPS) is 35.5. The van der Waals surface area contributed by atoms with Crippen molar-refractivity contribution in [2.24, 2.45) is 17.8 Å². The van der Waals surface area contributed by atoms with Gasteiger partial charge in [0.25, 0.3) is 0 Å². The van der Waals surface area contributed by atoms with Crippen molar-refractivity contribution in [3.63, 3.8) is 0 Å². The van der Waals surface area contributed by atoms with E-state index in [0.717, 1.165) is 32.1 Å². The summed E-state index contributed by atoms with van der Waals surface area (Å²) in [6.07, 6.45) is 8.60. The molecule has 0 heterocycles. The van der Waals surface area contributed by atoms with Gasteiger partial charge in [0.2, 0.25) is 5.91 Å². The third kappa shape index (κ3) is 2.49. The van der Waals surface area contributed by atoms with Gasteiger partial charge in [0.15, 0.2) is 0 Å². The van der Waals surface area contributed by atoms with Crippen LogP contribution in [0.3, 0.4) is 0 Å². The lowest BCUT2D eigenvalue weighted by Gasteiger charge is -2.37. The van der Waals surface area contributed by atoms with Gasteiger partial charge in [0, 0.05) is 5.92 Å². The first-order chi connectivity index (χ1) is 9.11. The molecule has 2 N–H and O–H groups in total. The summed E-state index contributed by atoms with van der Waals surface area (Å²) < 4.78 is 0. The molecule has 1 amide bonds. The zero-order chi connectivity index (χ0) is 13.5. The van der Waals surface area contributed by atoms with Crippen molar-refractivity contribution >= 4 is 11.9 Å². The molecule has 4 heteroatoms. The number of fused-ring (bicyclic) bond motifs is 1. The Hall–Kier alpha value is -1.06. The van der Waals surface area contributed by atoms with Crippen LogP contribution in [0.2, 0.25) is 0 Å². The third-order valence-electron chi connectivity index (χ3n) is 5.40. The number of hydrogen-bond donors (Lipinski definition) is 2. The number of amides is 1. The minimum absolute atomic E-state index is 0.0841. The summed E-state index contributed by atoms with van der Waals surface area (Å²) in [6.45, 7) is 0. The van der Waals surface area contributed by atoms with Crippen LogP contribution in [-0.2, 0) is 9.59 Å². The van der Waals surface area contributed by atoms with Crippen LogP contribution in [0.4, 0.5) is 0 Å². The van der Waals surface area contributed by atoms with E-state index in [2.05, 4.69) is 5.32 Å². The molecule has 0 aromatic heterocycles. The van der Waals surface area contributed by atoms with E-state index in [9.17, 15) is 9.59 Å². The molecular formula is C15H23NO3. The highest BCUT2D eigenvalue weighted by Gasteiger charge is 2.57. The largest absolute Gasteiger partial charge is 0.481 e. The molecule has 0 radical (unpaired) electrons. The summed E-state index contributed by atoms with van der Waals surface area (Å²) in [7, 11) is 0. The molecule has 0 saturated heterocycles. The van der Waals surface area contributed by atoms with Crippen LogP contribution in [0, 0.1) is 17.8 Å². The van der Waals surface area contributed by atoms with Crippen LogP contribution in [0.1, 0.15) is 57.8 Å². The fourth-order valence-corrected chi connectivity index (χ4v) is 4.42. The second kappa shape index (κ2) is 4.80. The molecule has 0 aromatic rings. The van der Waals surface area contributed by atoms with Gasteiger partial charge in [0.05, 0.1) is 12.0 Å². The highest BCUT2D eigenvalue weighted by Crippen LogP contribution is 2.57. The Morgan fingerprint density at radius 3 is 2.26 bits per heavy atom. The molecule has 3 rings (SSSR count). The number of hydrogen-bond acceptors (Lipinski definition) is 2. The average Bonchev–Trinajstić information content (AvgIpc) is 2.84. The lowest BCUT2D eigenvalue weighted by molar-refractivity contribution is -0.139. The molecule has 0 aliphatic heterocycles. The molecule has 19 heavy (non-hydrogen) atoms. The zero-order valence-corrected chi connectivity index (χ0v) is 11.4. The van der Waals surface area contributed by atoms with Crippen LogP contribution in [0.25, 0.3) is 0 Å². The Balaban J connectivity index is 1.63. The smallest absolute Gasteiger partial charge is 0.305 e. The molecular weight excluding hydrogens is 242 g/mol. The van der Waals surface area contributed by atoms with Crippen LogP contribution in [0.15, 0.2) is 0 Å². The fraction of sp³-hybridized carbons (Fsp3) is 0.867. The standard InChI is InChI=1S/C15H23NO3/c17-12(18)9-15(7-2-1-3-8-15)16-14(19)13-10-5-4-6-11(10)13/h10-11,13H,1-9H2,(H,16,19)(H,17,18). The van der Waals surface area contributed by atoms with Crippen LogP contribution >= 0.6 is 0 Å². The van der Waals surface area contributed by atoms with Gasteiger partial charge in [-0.2, -0.15) is 0 Å². The topological polar surface area (TPSA) is 66.4 Å². The maximum atomic E-state index is 12.4. The zero-order valence-electron chi connectivity index (χ0n) is 11.4. The molecule has 2 atom stereocenters. The second-order valence-corrected chi connectivity index (χ2v) is 6.69. The van der Waals surface area contributed by atoms with Crippen LogP contribution < -0.4 is 5.32 Å². The summed E-state index contributed by atoms with van der Waals surface area (Å²) in [5.74, 6) is 0.744. The molecule has 0 spiro atoms. The third-order valence-corrected chi connectivity index (χ3v) is 5.40. The highest BCUT2D eigenvalue weighted by atomic mass is 16.4. The van der Waals surface area contributed by atoms with Gasteiger partial charge < -0.3 is 10.4 Å². The predicted octanol–water partition coefficient (Wildman–Crippen LogP) is 2.33. The predicted molar refractivity (Wildman–Crippen MR) is 70.5 cm³/mol. The molecule has 106 valence electrons. The molecule has 3 aliphatic rings. The van der Waals surface area contributed by atoms with Crippen molar-refractivity contribution in [2.75, 3.05) is 0 Å². The number of carboxylic acids is 1. The number of carboxylic acid groups (broad SMARTS) is 1. The van der Waals surface area contributed by atoms with E-state index >= 15 is 0 Å². The number of carbonyl (C=O) groups excluding carboxylic acids is 1. The molecule has 0 bridgehead atoms. The Bertz CT molecular complexity index is 377. The van der Waals surface area contributed by atoms with E-state index in [1.54, 1.807) is 0 Å². The molecule has 2 unspecified atom stereocenters. The lowest BCUT2D eigenvalue weighted by Crippen LogP contribution is -2.52. The highest BCUT2D eigenvalue weighted by molar-refractivity contribution is 5.84. The Morgan fingerprint density at radius 2 is 1.68 bits per heavy atom. The molecule has 3 fully saturated rings. The summed E-state index contributed by atoms with van der Waals surface area (Å²) in [5.41, 5.74) is -0.460. The first-order valence-corrected chi connectivity index (χ1v) is 7.65. The number of nitrogens with one attached hydrogen (secondary N) is 1. The van der Waals surface area contributed by atoms with Crippen molar-refractivity contribution in [2.45, 2.75) is 63.3 Å². The summed E-state index contributed by atoms with van der Waals surface area (Å²) in [5, 5.41) is 12.2. The quantitative estimate of drug-likeness (QED) is 0.819. The first kappa shape index (κ1) is 12.9. The van der Waals surface area contributed by atoms with Crippen LogP contribution in [-0.4, -0.2) is 22.5 Å². The van der Waals surface area contributed by atoms with Crippen molar-refractivity contribution < 1.29 is 14.7 Å². The van der Waals surface area contributed by atoms with Gasteiger partial charge >= 0.3 is 5.97 Å². The maximum absolute atomic E-state index is 12.4. The molecule has 3 aliphatic carbocycles. The Morgan fingerprint density at radius 1 is 1.05 bits per heavy atom. The van der Waals surface area contributed by atoms with E-state index in [0.29, 0.717) is 11.8 Å². The second-order valence-electron chi connectivity index (χ2n) is 6.69. The molecule has 3 saturated carbocycles. The van der Waals surface area contributed by atoms with E-state index in [-0.39, 0.29) is 18.2 Å². The van der Waals surface area contributed by atoms with Gasteiger partial charge in [-0.05, 0) is 37.5 Å². The van der Waals surface area contributed by atoms with Crippen LogP contribution in [0.5, 0.6) is 0 Å². The number of rotatable bonds is 4. The van der Waals surface area contributed by atoms with Gasteiger partial charge in [0.1, 0.15) is 0 Å². The van der Waals surface area contributed by atoms with Gasteiger partial charge in [-0.25, -0.2) is 0 Å². The van der Waals surface area contributed by atoms with E-state index in [1.165, 1.54) is 19.3 Å². The average molecular weight is 265 g/mol. The van der Waals surface area contributed by atoms with Gasteiger partial charge in [-0.15, -0.1) is 0 Å². The summed E-state index contributed by atoms with van der Waals surface area (Å²) in [4.78, 5) is 23.5. The minimum Gasteiger partial charge on any atom is -0.481 e. The number of carbonyl (C=O) groups is 2. The Kier molecular flexibility index (Phi) is 3.27. The first-order valence-electron chi connectivity index (χ1n) is 7.65. The summed E-state index contributed by atoms with van der Waals surface area (Å²) >= 11 is 0. The van der Waals surface area contributed by atoms with E-state index < -0.39 is 11.5 Å². The Labute approximate surface area is 113 Å². The monoisotopic (exact) mass is 265 g/mol. The number of aliphatic carboxylic acids is 1. The minimum atomic E-state index is -0.793.